The van der Waals surface area contributed by atoms with Crippen LogP contribution in [0.3, 0.4) is 0 Å². The zero-order valence-electron chi connectivity index (χ0n) is 15.5. The minimum absolute atomic E-state index is 0.189. The number of likely N-dealkylation sites (N-methyl/N-ethyl adjacent to an activating group) is 1. The lowest BCUT2D eigenvalue weighted by atomic mass is 9.96. The van der Waals surface area contributed by atoms with E-state index < -0.39 is 10.0 Å². The van der Waals surface area contributed by atoms with Crippen molar-refractivity contribution in [1.82, 2.24) is 9.62 Å². The van der Waals surface area contributed by atoms with E-state index in [2.05, 4.69) is 12.2 Å². The van der Waals surface area contributed by atoms with Crippen LogP contribution in [0.5, 0.6) is 0 Å². The number of nitrogens with zero attached hydrogens (tertiary/aromatic N) is 1. The smallest absolute Gasteiger partial charge is 0.243 e. The standard InChI is InChI=1S/C20H26N2O3S/c1-4-17(18-8-6-5-7-9-18)14-21-20(23)15-22(3)26(24,25)19-12-10-16(2)11-13-19/h5-13,17H,4,14-15H2,1-3H3,(H,21,23). The Morgan fingerprint density at radius 1 is 1.08 bits per heavy atom. The minimum Gasteiger partial charge on any atom is -0.354 e. The molecule has 0 aromatic heterocycles. The first kappa shape index (κ1) is 20.1. The molecule has 0 saturated carbocycles. The van der Waals surface area contributed by atoms with E-state index in [1.165, 1.54) is 7.05 Å². The van der Waals surface area contributed by atoms with Gasteiger partial charge in [0.15, 0.2) is 0 Å². The molecule has 6 heteroatoms. The molecule has 2 aromatic carbocycles. The fourth-order valence-electron chi connectivity index (χ4n) is 2.69. The highest BCUT2D eigenvalue weighted by Crippen LogP contribution is 2.18. The summed E-state index contributed by atoms with van der Waals surface area (Å²) < 4.78 is 26.2. The summed E-state index contributed by atoms with van der Waals surface area (Å²) in [6.45, 7) is 4.24. The SMILES string of the molecule is CCC(CNC(=O)CN(C)S(=O)(=O)c1ccc(C)cc1)c1ccccc1. The first-order chi connectivity index (χ1) is 12.3. The molecule has 0 fully saturated rings. The zero-order valence-corrected chi connectivity index (χ0v) is 16.3. The molecule has 1 amide bonds. The zero-order chi connectivity index (χ0) is 19.2. The molecule has 0 aliphatic carbocycles. The quantitative estimate of drug-likeness (QED) is 0.773. The molecule has 2 rings (SSSR count). The first-order valence-corrected chi connectivity index (χ1v) is 10.1. The molecule has 26 heavy (non-hydrogen) atoms. The predicted octanol–water partition coefficient (Wildman–Crippen LogP) is 2.93. The van der Waals surface area contributed by atoms with E-state index in [1.807, 2.05) is 37.3 Å². The lowest BCUT2D eigenvalue weighted by Crippen LogP contribution is -2.39. The molecule has 1 unspecified atom stereocenters. The van der Waals surface area contributed by atoms with Crippen molar-refractivity contribution in [2.45, 2.75) is 31.1 Å². The van der Waals surface area contributed by atoms with Crippen LogP contribution < -0.4 is 5.32 Å². The van der Waals surface area contributed by atoms with Gasteiger partial charge in [-0.25, -0.2) is 8.42 Å². The van der Waals surface area contributed by atoms with Crippen LogP contribution >= 0.6 is 0 Å². The number of rotatable bonds is 8. The van der Waals surface area contributed by atoms with Gasteiger partial charge >= 0.3 is 0 Å². The Labute approximate surface area is 156 Å². The Morgan fingerprint density at radius 2 is 1.69 bits per heavy atom. The minimum atomic E-state index is -3.67. The summed E-state index contributed by atoms with van der Waals surface area (Å²) in [5.74, 6) is -0.100. The Morgan fingerprint density at radius 3 is 2.27 bits per heavy atom. The van der Waals surface area contributed by atoms with Crippen molar-refractivity contribution in [2.75, 3.05) is 20.1 Å². The van der Waals surface area contributed by atoms with Crippen molar-refractivity contribution in [3.8, 4) is 0 Å². The summed E-state index contributed by atoms with van der Waals surface area (Å²) in [7, 11) is -2.25. The molecular weight excluding hydrogens is 348 g/mol. The van der Waals surface area contributed by atoms with Crippen molar-refractivity contribution in [2.24, 2.45) is 0 Å². The molecule has 0 radical (unpaired) electrons. The van der Waals surface area contributed by atoms with Crippen LogP contribution in [-0.4, -0.2) is 38.8 Å². The van der Waals surface area contributed by atoms with Crippen molar-refractivity contribution >= 4 is 15.9 Å². The fraction of sp³-hybridized carbons (Fsp3) is 0.350. The van der Waals surface area contributed by atoms with Gasteiger partial charge in [-0.1, -0.05) is 55.0 Å². The van der Waals surface area contributed by atoms with Crippen LogP contribution in [0.15, 0.2) is 59.5 Å². The third kappa shape index (κ3) is 5.16. The topological polar surface area (TPSA) is 66.5 Å². The maximum Gasteiger partial charge on any atom is 0.243 e. The Kier molecular flexibility index (Phi) is 6.94. The van der Waals surface area contributed by atoms with Gasteiger partial charge in [-0.2, -0.15) is 4.31 Å². The van der Waals surface area contributed by atoms with E-state index >= 15 is 0 Å². The van der Waals surface area contributed by atoms with E-state index in [-0.39, 0.29) is 23.3 Å². The van der Waals surface area contributed by atoms with Gasteiger partial charge < -0.3 is 5.32 Å². The molecule has 140 valence electrons. The number of carbonyl (C=O) groups excluding carboxylic acids is 1. The summed E-state index contributed by atoms with van der Waals surface area (Å²) in [5.41, 5.74) is 2.15. The van der Waals surface area contributed by atoms with Crippen LogP contribution in [0.4, 0.5) is 0 Å². The summed E-state index contributed by atoms with van der Waals surface area (Å²) in [6.07, 6.45) is 0.891. The second-order valence-electron chi connectivity index (χ2n) is 6.39. The number of hydrogen-bond acceptors (Lipinski definition) is 3. The summed E-state index contributed by atoms with van der Waals surface area (Å²) in [6, 6.07) is 16.6. The van der Waals surface area contributed by atoms with Crippen molar-refractivity contribution in [3.05, 3.63) is 65.7 Å². The van der Waals surface area contributed by atoms with Gasteiger partial charge in [0.1, 0.15) is 0 Å². The fourth-order valence-corrected chi connectivity index (χ4v) is 3.82. The largest absolute Gasteiger partial charge is 0.354 e. The highest BCUT2D eigenvalue weighted by molar-refractivity contribution is 7.89. The van der Waals surface area contributed by atoms with E-state index in [9.17, 15) is 13.2 Å². The second kappa shape index (κ2) is 8.96. The average Bonchev–Trinajstić information content (AvgIpc) is 2.63. The van der Waals surface area contributed by atoms with Crippen LogP contribution in [-0.2, 0) is 14.8 Å². The van der Waals surface area contributed by atoms with E-state index in [0.717, 1.165) is 21.9 Å². The molecular formula is C20H26N2O3S. The van der Waals surface area contributed by atoms with Crippen LogP contribution in [0.1, 0.15) is 30.4 Å². The molecule has 1 N–H and O–H groups in total. The van der Waals surface area contributed by atoms with Crippen molar-refractivity contribution in [3.63, 3.8) is 0 Å². The van der Waals surface area contributed by atoms with E-state index in [1.54, 1.807) is 24.3 Å². The van der Waals surface area contributed by atoms with Crippen LogP contribution in [0.2, 0.25) is 0 Å². The molecule has 1 atom stereocenters. The van der Waals surface area contributed by atoms with Gasteiger partial charge in [0, 0.05) is 19.5 Å². The number of nitrogens with one attached hydrogen (secondary N) is 1. The van der Waals surface area contributed by atoms with E-state index in [4.69, 9.17) is 0 Å². The Bertz CT molecular complexity index is 818. The normalized spacial score (nSPS) is 12.8. The molecule has 0 saturated heterocycles. The maximum atomic E-state index is 12.5. The van der Waals surface area contributed by atoms with Crippen molar-refractivity contribution < 1.29 is 13.2 Å². The Balaban J connectivity index is 1.95. The van der Waals surface area contributed by atoms with Crippen molar-refractivity contribution in [1.29, 1.82) is 0 Å². The average molecular weight is 375 g/mol. The van der Waals surface area contributed by atoms with Gasteiger partial charge in [-0.05, 0) is 31.0 Å². The Hall–Kier alpha value is -2.18. The lowest BCUT2D eigenvalue weighted by molar-refractivity contribution is -0.121. The molecule has 0 aliphatic rings. The highest BCUT2D eigenvalue weighted by Gasteiger charge is 2.23. The van der Waals surface area contributed by atoms with Crippen LogP contribution in [0.25, 0.3) is 0 Å². The predicted molar refractivity (Wildman–Crippen MR) is 103 cm³/mol. The second-order valence-corrected chi connectivity index (χ2v) is 8.44. The molecule has 0 aliphatic heterocycles. The van der Waals surface area contributed by atoms with Gasteiger partial charge in [-0.15, -0.1) is 0 Å². The first-order valence-electron chi connectivity index (χ1n) is 8.69. The summed E-state index contributed by atoms with van der Waals surface area (Å²) in [5, 5.41) is 2.85. The van der Waals surface area contributed by atoms with Gasteiger partial charge in [0.2, 0.25) is 15.9 Å². The van der Waals surface area contributed by atoms with E-state index in [0.29, 0.717) is 6.54 Å². The number of sulfonamides is 1. The number of benzene rings is 2. The third-order valence-electron chi connectivity index (χ3n) is 4.40. The van der Waals surface area contributed by atoms with Gasteiger partial charge in [0.05, 0.1) is 11.4 Å². The summed E-state index contributed by atoms with van der Waals surface area (Å²) >= 11 is 0. The molecule has 2 aromatic rings. The number of aryl methyl sites for hydroxylation is 1. The van der Waals surface area contributed by atoms with Gasteiger partial charge in [0.25, 0.3) is 0 Å². The third-order valence-corrected chi connectivity index (χ3v) is 6.22. The number of hydrogen-bond donors (Lipinski definition) is 1. The lowest BCUT2D eigenvalue weighted by Gasteiger charge is -2.19. The monoisotopic (exact) mass is 374 g/mol. The summed E-state index contributed by atoms with van der Waals surface area (Å²) in [4.78, 5) is 12.4. The molecule has 0 bridgehead atoms. The molecule has 0 spiro atoms. The molecule has 5 nitrogen and oxygen atoms in total. The maximum absolute atomic E-state index is 12.5. The highest BCUT2D eigenvalue weighted by atomic mass is 32.2. The van der Waals surface area contributed by atoms with Gasteiger partial charge in [-0.3, -0.25) is 4.79 Å². The van der Waals surface area contributed by atoms with Crippen LogP contribution in [0, 0.1) is 6.92 Å². The number of carbonyl (C=O) groups is 1. The number of amides is 1. The molecule has 0 heterocycles.